The molecular weight excluding hydrogens is 480 g/mol. The Balaban J connectivity index is 1.49. The van der Waals surface area contributed by atoms with Gasteiger partial charge in [0.05, 0.1) is 24.2 Å². The van der Waals surface area contributed by atoms with Crippen molar-refractivity contribution < 1.29 is 19.1 Å². The van der Waals surface area contributed by atoms with Gasteiger partial charge in [-0.1, -0.05) is 60.7 Å². The molecule has 4 rings (SSSR count). The second kappa shape index (κ2) is 11.7. The Morgan fingerprint density at radius 1 is 1.08 bits per heavy atom. The van der Waals surface area contributed by atoms with Crippen LogP contribution < -0.4 is 11.1 Å². The number of amides is 3. The lowest BCUT2D eigenvalue weighted by molar-refractivity contribution is -0.140. The van der Waals surface area contributed by atoms with E-state index in [4.69, 9.17) is 10.5 Å². The molecule has 204 valence electrons. The SMILES string of the molecule is CN1CC(c2ccccc2)C2(CCCN(C(=O)[C@@H](COCc3ccccc3)NC(=O)C(C)(C)N)CC2)C1=O. The first-order chi connectivity index (χ1) is 18.1. The number of likely N-dealkylation sites (tertiary alicyclic amines) is 2. The lowest BCUT2D eigenvalue weighted by Crippen LogP contribution is -2.58. The maximum atomic E-state index is 13.8. The Labute approximate surface area is 225 Å². The van der Waals surface area contributed by atoms with Gasteiger partial charge >= 0.3 is 0 Å². The minimum Gasteiger partial charge on any atom is -0.374 e. The van der Waals surface area contributed by atoms with E-state index in [0.717, 1.165) is 17.5 Å². The van der Waals surface area contributed by atoms with Crippen molar-refractivity contribution in [3.8, 4) is 0 Å². The highest BCUT2D eigenvalue weighted by molar-refractivity contribution is 5.92. The zero-order valence-corrected chi connectivity index (χ0v) is 22.7. The summed E-state index contributed by atoms with van der Waals surface area (Å²) in [6, 6.07) is 19.0. The van der Waals surface area contributed by atoms with Crippen LogP contribution in [0.25, 0.3) is 0 Å². The molecule has 2 saturated heterocycles. The molecule has 2 heterocycles. The van der Waals surface area contributed by atoms with E-state index in [2.05, 4.69) is 17.4 Å². The normalized spacial score (nSPS) is 22.8. The van der Waals surface area contributed by atoms with Crippen LogP contribution in [0.3, 0.4) is 0 Å². The number of nitrogens with zero attached hydrogens (tertiary/aromatic N) is 2. The minimum atomic E-state index is -1.13. The Hall–Kier alpha value is -3.23. The summed E-state index contributed by atoms with van der Waals surface area (Å²) in [7, 11) is 1.87. The third kappa shape index (κ3) is 6.08. The molecule has 3 amide bonds. The van der Waals surface area contributed by atoms with Gasteiger partial charge in [-0.05, 0) is 44.2 Å². The summed E-state index contributed by atoms with van der Waals surface area (Å²) >= 11 is 0. The van der Waals surface area contributed by atoms with E-state index in [1.165, 1.54) is 0 Å². The van der Waals surface area contributed by atoms with E-state index in [1.54, 1.807) is 18.7 Å². The number of rotatable bonds is 8. The average Bonchev–Trinajstić information content (AvgIpc) is 3.04. The summed E-state index contributed by atoms with van der Waals surface area (Å²) < 4.78 is 5.87. The quantitative estimate of drug-likeness (QED) is 0.557. The highest BCUT2D eigenvalue weighted by Gasteiger charge is 2.53. The van der Waals surface area contributed by atoms with Crippen LogP contribution in [0.4, 0.5) is 0 Å². The summed E-state index contributed by atoms with van der Waals surface area (Å²) in [6.07, 6.45) is 2.01. The van der Waals surface area contributed by atoms with Crippen molar-refractivity contribution in [2.75, 3.05) is 33.3 Å². The van der Waals surface area contributed by atoms with Gasteiger partial charge in [-0.15, -0.1) is 0 Å². The zero-order valence-electron chi connectivity index (χ0n) is 22.7. The topological polar surface area (TPSA) is 105 Å². The van der Waals surface area contributed by atoms with Crippen LogP contribution in [0.15, 0.2) is 60.7 Å². The molecule has 2 unspecified atom stereocenters. The van der Waals surface area contributed by atoms with E-state index >= 15 is 0 Å². The molecule has 38 heavy (non-hydrogen) atoms. The first-order valence-electron chi connectivity index (χ1n) is 13.4. The third-order valence-electron chi connectivity index (χ3n) is 7.87. The van der Waals surface area contributed by atoms with Crippen molar-refractivity contribution >= 4 is 17.7 Å². The number of ether oxygens (including phenoxy) is 1. The second-order valence-corrected chi connectivity index (χ2v) is 11.2. The molecule has 3 atom stereocenters. The summed E-state index contributed by atoms with van der Waals surface area (Å²) in [4.78, 5) is 43.6. The van der Waals surface area contributed by atoms with Gasteiger partial charge < -0.3 is 25.6 Å². The van der Waals surface area contributed by atoms with Crippen molar-refractivity contribution in [2.45, 2.75) is 57.2 Å². The summed E-state index contributed by atoms with van der Waals surface area (Å²) in [5, 5.41) is 2.82. The number of benzene rings is 2. The first-order valence-corrected chi connectivity index (χ1v) is 13.4. The molecule has 0 aromatic heterocycles. The van der Waals surface area contributed by atoms with Gasteiger partial charge in [0.2, 0.25) is 17.7 Å². The van der Waals surface area contributed by atoms with Gasteiger partial charge in [0.15, 0.2) is 0 Å². The van der Waals surface area contributed by atoms with E-state index in [1.807, 2.05) is 60.5 Å². The molecule has 0 bridgehead atoms. The molecular formula is C30H40N4O4. The Kier molecular flexibility index (Phi) is 8.53. The Morgan fingerprint density at radius 3 is 2.39 bits per heavy atom. The number of nitrogens with two attached hydrogens (primary N) is 1. The molecule has 2 fully saturated rings. The fraction of sp³-hybridized carbons (Fsp3) is 0.500. The molecule has 2 aliphatic rings. The first kappa shape index (κ1) is 27.8. The van der Waals surface area contributed by atoms with Gasteiger partial charge in [-0.2, -0.15) is 0 Å². The smallest absolute Gasteiger partial charge is 0.247 e. The van der Waals surface area contributed by atoms with Crippen molar-refractivity contribution in [3.63, 3.8) is 0 Å². The van der Waals surface area contributed by atoms with E-state index in [0.29, 0.717) is 39.1 Å². The monoisotopic (exact) mass is 520 g/mol. The standard InChI is InChI=1S/C30H40N4O4/c1-29(2,31)27(36)32-25(21-38-20-22-11-6-4-7-12-22)26(35)34-17-10-15-30(16-18-34)24(19-33(3)28(30)37)23-13-8-5-9-14-23/h4-9,11-14,24-25H,10,15-21,31H2,1-3H3,(H,32,36)/t24?,25-,30?/m1/s1. The molecule has 8 heteroatoms. The summed E-state index contributed by atoms with van der Waals surface area (Å²) in [5.41, 5.74) is 6.48. The van der Waals surface area contributed by atoms with Gasteiger partial charge in [0.25, 0.3) is 0 Å². The molecule has 0 radical (unpaired) electrons. The number of hydrogen-bond acceptors (Lipinski definition) is 5. The van der Waals surface area contributed by atoms with E-state index in [9.17, 15) is 14.4 Å². The molecule has 2 aliphatic heterocycles. The van der Waals surface area contributed by atoms with Crippen LogP contribution in [0, 0.1) is 5.41 Å². The molecule has 8 nitrogen and oxygen atoms in total. The molecule has 0 aliphatic carbocycles. The van der Waals surface area contributed by atoms with Crippen molar-refractivity contribution in [2.24, 2.45) is 11.1 Å². The van der Waals surface area contributed by atoms with Crippen LogP contribution >= 0.6 is 0 Å². The lowest BCUT2D eigenvalue weighted by Gasteiger charge is -2.32. The van der Waals surface area contributed by atoms with Gasteiger partial charge in [0, 0.05) is 32.6 Å². The fourth-order valence-electron chi connectivity index (χ4n) is 5.72. The highest BCUT2D eigenvalue weighted by Crippen LogP contribution is 2.50. The number of carbonyl (C=O) groups is 3. The Morgan fingerprint density at radius 2 is 1.74 bits per heavy atom. The van der Waals surface area contributed by atoms with Crippen molar-refractivity contribution in [3.05, 3.63) is 71.8 Å². The molecule has 2 aromatic carbocycles. The maximum absolute atomic E-state index is 13.8. The van der Waals surface area contributed by atoms with Gasteiger partial charge in [-0.25, -0.2) is 0 Å². The molecule has 3 N–H and O–H groups in total. The number of carbonyl (C=O) groups excluding carboxylic acids is 3. The van der Waals surface area contributed by atoms with E-state index in [-0.39, 0.29) is 24.3 Å². The number of likely N-dealkylation sites (N-methyl/N-ethyl adjacent to an activating group) is 1. The number of hydrogen-bond donors (Lipinski definition) is 2. The number of nitrogens with one attached hydrogen (secondary N) is 1. The summed E-state index contributed by atoms with van der Waals surface area (Å²) in [5.74, 6) is -0.384. The maximum Gasteiger partial charge on any atom is 0.247 e. The third-order valence-corrected chi connectivity index (χ3v) is 7.87. The lowest BCUT2D eigenvalue weighted by atomic mass is 9.69. The van der Waals surface area contributed by atoms with Crippen LogP contribution in [0.5, 0.6) is 0 Å². The summed E-state index contributed by atoms with van der Waals surface area (Å²) in [6.45, 7) is 5.22. The molecule has 2 aromatic rings. The van der Waals surface area contributed by atoms with Crippen molar-refractivity contribution in [1.82, 2.24) is 15.1 Å². The average molecular weight is 521 g/mol. The van der Waals surface area contributed by atoms with Crippen LogP contribution in [0.1, 0.15) is 50.2 Å². The predicted octanol–water partition coefficient (Wildman–Crippen LogP) is 2.68. The Bertz CT molecular complexity index is 1120. The van der Waals surface area contributed by atoms with E-state index < -0.39 is 22.9 Å². The molecule has 1 spiro atoms. The zero-order chi connectivity index (χ0) is 27.3. The fourth-order valence-corrected chi connectivity index (χ4v) is 5.72. The van der Waals surface area contributed by atoms with Crippen LogP contribution in [-0.2, 0) is 25.7 Å². The highest BCUT2D eigenvalue weighted by atomic mass is 16.5. The van der Waals surface area contributed by atoms with Crippen LogP contribution in [-0.4, -0.2) is 72.4 Å². The van der Waals surface area contributed by atoms with Gasteiger partial charge in [-0.3, -0.25) is 14.4 Å². The largest absolute Gasteiger partial charge is 0.374 e. The van der Waals surface area contributed by atoms with Gasteiger partial charge in [0.1, 0.15) is 6.04 Å². The van der Waals surface area contributed by atoms with Crippen molar-refractivity contribution in [1.29, 1.82) is 0 Å². The predicted molar refractivity (Wildman–Crippen MR) is 146 cm³/mol. The minimum absolute atomic E-state index is 0.0332. The second-order valence-electron chi connectivity index (χ2n) is 11.2. The van der Waals surface area contributed by atoms with Crippen LogP contribution in [0.2, 0.25) is 0 Å². The molecule has 0 saturated carbocycles.